The Bertz CT molecular complexity index is 869. The second-order valence-corrected chi connectivity index (χ2v) is 5.51. The van der Waals surface area contributed by atoms with Crippen LogP contribution in [0.1, 0.15) is 28.5 Å². The van der Waals surface area contributed by atoms with E-state index in [2.05, 4.69) is 9.55 Å². The molecule has 1 aromatic carbocycles. The van der Waals surface area contributed by atoms with E-state index in [0.29, 0.717) is 24.5 Å². The van der Waals surface area contributed by atoms with Crippen LogP contribution >= 0.6 is 0 Å². The lowest BCUT2D eigenvalue weighted by molar-refractivity contribution is 0.0527. The number of aromatic nitrogens is 2. The molecule has 0 fully saturated rings. The molecule has 0 amide bonds. The van der Waals surface area contributed by atoms with Crippen LogP contribution in [-0.4, -0.2) is 29.2 Å². The first-order valence-corrected chi connectivity index (χ1v) is 7.88. The van der Waals surface area contributed by atoms with Crippen LogP contribution in [0.15, 0.2) is 42.7 Å². The quantitative estimate of drug-likeness (QED) is 0.673. The van der Waals surface area contributed by atoms with Crippen molar-refractivity contribution in [3.05, 3.63) is 59.5 Å². The molecule has 0 aliphatic rings. The van der Waals surface area contributed by atoms with Gasteiger partial charge >= 0.3 is 5.97 Å². The normalized spacial score (nSPS) is 10.8. The van der Waals surface area contributed by atoms with E-state index < -0.39 is 0 Å². The number of rotatable bonds is 5. The number of nitrogens with zero attached hydrogens (tertiary/aromatic N) is 2. The summed E-state index contributed by atoms with van der Waals surface area (Å²) in [6.07, 6.45) is 3.58. The summed E-state index contributed by atoms with van der Waals surface area (Å²) in [5.41, 5.74) is 3.51. The van der Waals surface area contributed by atoms with Crippen molar-refractivity contribution in [2.75, 3.05) is 13.7 Å². The van der Waals surface area contributed by atoms with Crippen molar-refractivity contribution in [3.63, 3.8) is 0 Å². The third kappa shape index (κ3) is 2.85. The maximum atomic E-state index is 12.5. The van der Waals surface area contributed by atoms with Crippen LogP contribution in [0.3, 0.4) is 0 Å². The number of benzene rings is 1. The topological polar surface area (TPSA) is 53.4 Å². The zero-order chi connectivity index (χ0) is 17.1. The van der Waals surface area contributed by atoms with Crippen molar-refractivity contribution in [1.29, 1.82) is 0 Å². The molecule has 5 nitrogen and oxygen atoms in total. The summed E-state index contributed by atoms with van der Waals surface area (Å²) in [5, 5.41) is 0.842. The standard InChI is InChI=1S/C19H20N2O3/c1-4-24-19(22)18-13(2)21(12-14-6-5-9-20-11-14)17-8-7-15(23-3)10-16(17)18/h5-11H,4,12H2,1-3H3. The second-order valence-electron chi connectivity index (χ2n) is 5.51. The molecule has 0 aliphatic carbocycles. The summed E-state index contributed by atoms with van der Waals surface area (Å²) in [5.74, 6) is 0.407. The number of esters is 1. The summed E-state index contributed by atoms with van der Waals surface area (Å²) in [6.45, 7) is 4.73. The highest BCUT2D eigenvalue weighted by Gasteiger charge is 2.21. The molecule has 5 heteroatoms. The fourth-order valence-corrected chi connectivity index (χ4v) is 2.93. The minimum atomic E-state index is -0.307. The second kappa shape index (κ2) is 6.74. The Morgan fingerprint density at radius 3 is 2.79 bits per heavy atom. The van der Waals surface area contributed by atoms with Crippen molar-refractivity contribution in [2.24, 2.45) is 0 Å². The summed E-state index contributed by atoms with van der Waals surface area (Å²) in [4.78, 5) is 16.6. The van der Waals surface area contributed by atoms with E-state index in [1.165, 1.54) is 0 Å². The number of ether oxygens (including phenoxy) is 2. The Labute approximate surface area is 140 Å². The molecule has 0 saturated carbocycles. The van der Waals surface area contributed by atoms with Gasteiger partial charge in [-0.15, -0.1) is 0 Å². The number of carbonyl (C=O) groups is 1. The van der Waals surface area contributed by atoms with Gasteiger partial charge in [-0.3, -0.25) is 4.98 Å². The van der Waals surface area contributed by atoms with Gasteiger partial charge in [0, 0.05) is 35.5 Å². The van der Waals surface area contributed by atoms with Gasteiger partial charge in [0.25, 0.3) is 0 Å². The lowest BCUT2D eigenvalue weighted by Gasteiger charge is -2.09. The van der Waals surface area contributed by atoms with E-state index in [1.54, 1.807) is 13.3 Å². The molecule has 0 saturated heterocycles. The molecule has 3 rings (SSSR count). The van der Waals surface area contributed by atoms with Crippen molar-refractivity contribution in [3.8, 4) is 5.75 Å². The maximum Gasteiger partial charge on any atom is 0.340 e. The van der Waals surface area contributed by atoms with Crippen molar-refractivity contribution in [2.45, 2.75) is 20.4 Å². The lowest BCUT2D eigenvalue weighted by atomic mass is 10.1. The largest absolute Gasteiger partial charge is 0.497 e. The summed E-state index contributed by atoms with van der Waals surface area (Å²) < 4.78 is 12.7. The Kier molecular flexibility index (Phi) is 4.51. The lowest BCUT2D eigenvalue weighted by Crippen LogP contribution is -2.08. The monoisotopic (exact) mass is 324 g/mol. The Morgan fingerprint density at radius 1 is 1.29 bits per heavy atom. The van der Waals surface area contributed by atoms with Crippen LogP contribution in [0.2, 0.25) is 0 Å². The molecule has 0 aliphatic heterocycles. The van der Waals surface area contributed by atoms with Crippen LogP contribution < -0.4 is 4.74 Å². The third-order valence-electron chi connectivity index (χ3n) is 4.07. The van der Waals surface area contributed by atoms with Crippen LogP contribution in [-0.2, 0) is 11.3 Å². The molecule has 2 heterocycles. The van der Waals surface area contributed by atoms with Crippen molar-refractivity contribution < 1.29 is 14.3 Å². The van der Waals surface area contributed by atoms with Crippen LogP contribution in [0, 0.1) is 6.92 Å². The number of methoxy groups -OCH3 is 1. The number of carbonyl (C=O) groups excluding carboxylic acids is 1. The van der Waals surface area contributed by atoms with E-state index in [1.807, 2.05) is 50.4 Å². The van der Waals surface area contributed by atoms with Gasteiger partial charge in [0.05, 0.1) is 19.3 Å². The van der Waals surface area contributed by atoms with Gasteiger partial charge in [0.2, 0.25) is 0 Å². The fourth-order valence-electron chi connectivity index (χ4n) is 2.93. The predicted molar refractivity (Wildman–Crippen MR) is 92.5 cm³/mol. The van der Waals surface area contributed by atoms with E-state index in [9.17, 15) is 4.79 Å². The van der Waals surface area contributed by atoms with Gasteiger partial charge in [-0.05, 0) is 43.7 Å². The number of hydrogen-bond donors (Lipinski definition) is 0. The Hall–Kier alpha value is -2.82. The highest BCUT2D eigenvalue weighted by atomic mass is 16.5. The van der Waals surface area contributed by atoms with Gasteiger partial charge in [-0.25, -0.2) is 4.79 Å². The first-order chi connectivity index (χ1) is 11.7. The van der Waals surface area contributed by atoms with E-state index >= 15 is 0 Å². The highest BCUT2D eigenvalue weighted by Crippen LogP contribution is 2.30. The highest BCUT2D eigenvalue weighted by molar-refractivity contribution is 6.06. The summed E-state index contributed by atoms with van der Waals surface area (Å²) >= 11 is 0. The smallest absolute Gasteiger partial charge is 0.340 e. The molecule has 24 heavy (non-hydrogen) atoms. The SMILES string of the molecule is CCOC(=O)c1c(C)n(Cc2cccnc2)c2ccc(OC)cc12. The van der Waals surface area contributed by atoms with Crippen LogP contribution in [0.25, 0.3) is 10.9 Å². The molecule has 124 valence electrons. The third-order valence-corrected chi connectivity index (χ3v) is 4.07. The molecule has 2 aromatic heterocycles. The molecule has 0 N–H and O–H groups in total. The minimum Gasteiger partial charge on any atom is -0.497 e. The minimum absolute atomic E-state index is 0.307. The molecule has 0 atom stereocenters. The first kappa shape index (κ1) is 16.1. The van der Waals surface area contributed by atoms with E-state index in [0.717, 1.165) is 22.2 Å². The molecule has 0 spiro atoms. The predicted octanol–water partition coefficient (Wildman–Crippen LogP) is 3.58. The van der Waals surface area contributed by atoms with E-state index in [-0.39, 0.29) is 5.97 Å². The number of fused-ring (bicyclic) bond motifs is 1. The molecule has 0 unspecified atom stereocenters. The molecular weight excluding hydrogens is 304 g/mol. The molecular formula is C19H20N2O3. The van der Waals surface area contributed by atoms with Crippen molar-refractivity contribution in [1.82, 2.24) is 9.55 Å². The zero-order valence-corrected chi connectivity index (χ0v) is 14.1. The van der Waals surface area contributed by atoms with Gasteiger partial charge in [0.15, 0.2) is 0 Å². The molecule has 3 aromatic rings. The Balaban J connectivity index is 2.18. The maximum absolute atomic E-state index is 12.5. The average Bonchev–Trinajstić information content (AvgIpc) is 2.87. The fraction of sp³-hybridized carbons (Fsp3) is 0.263. The zero-order valence-electron chi connectivity index (χ0n) is 14.1. The van der Waals surface area contributed by atoms with E-state index in [4.69, 9.17) is 9.47 Å². The Morgan fingerprint density at radius 2 is 2.12 bits per heavy atom. The first-order valence-electron chi connectivity index (χ1n) is 7.88. The van der Waals surface area contributed by atoms with Gasteiger partial charge in [0.1, 0.15) is 5.75 Å². The summed E-state index contributed by atoms with van der Waals surface area (Å²) in [7, 11) is 1.62. The average molecular weight is 324 g/mol. The van der Waals surface area contributed by atoms with Crippen LogP contribution in [0.4, 0.5) is 0 Å². The van der Waals surface area contributed by atoms with Gasteiger partial charge in [-0.1, -0.05) is 6.07 Å². The molecule has 0 radical (unpaired) electrons. The van der Waals surface area contributed by atoms with Gasteiger partial charge < -0.3 is 14.0 Å². The van der Waals surface area contributed by atoms with Crippen molar-refractivity contribution >= 4 is 16.9 Å². The number of hydrogen-bond acceptors (Lipinski definition) is 4. The summed E-state index contributed by atoms with van der Waals surface area (Å²) in [6, 6.07) is 9.68. The molecule has 0 bridgehead atoms. The number of pyridine rings is 1. The van der Waals surface area contributed by atoms with Gasteiger partial charge in [-0.2, -0.15) is 0 Å². The van der Waals surface area contributed by atoms with Crippen LogP contribution in [0.5, 0.6) is 5.75 Å².